The maximum atomic E-state index is 14.9. The van der Waals surface area contributed by atoms with Gasteiger partial charge in [0.15, 0.2) is 0 Å². The van der Waals surface area contributed by atoms with Gasteiger partial charge in [-0.1, -0.05) is 25.8 Å². The maximum Gasteiger partial charge on any atom is 0.137 e. The van der Waals surface area contributed by atoms with E-state index in [0.717, 1.165) is 47.5 Å². The standard InChI is InChI=1S/C26H30F2N6O/c1-17-4-3-5-21(10-17)32-22-7-9-25-19(11-22)13-30-34(25)18(2)26(35,14-33-16-29-15-31-33)23-8-6-20(27)12-24(23)28/h6-9,11-13,15-18,21,32,35H,3-5,10,14H2,1-2H3/t17?,18-,21?,26-/m1/s1. The molecule has 1 aliphatic rings. The van der Waals surface area contributed by atoms with Gasteiger partial charge in [-0.25, -0.2) is 18.4 Å². The van der Waals surface area contributed by atoms with Gasteiger partial charge >= 0.3 is 0 Å². The van der Waals surface area contributed by atoms with Crippen molar-refractivity contribution in [3.8, 4) is 0 Å². The number of aliphatic hydroxyl groups is 1. The van der Waals surface area contributed by atoms with E-state index in [-0.39, 0.29) is 12.1 Å². The number of nitrogens with one attached hydrogen (secondary N) is 1. The molecule has 35 heavy (non-hydrogen) atoms. The van der Waals surface area contributed by atoms with Gasteiger partial charge in [0.05, 0.1) is 24.3 Å². The van der Waals surface area contributed by atoms with Gasteiger partial charge < -0.3 is 10.4 Å². The molecule has 1 aliphatic carbocycles. The molecule has 1 fully saturated rings. The van der Waals surface area contributed by atoms with Crippen LogP contribution >= 0.6 is 0 Å². The number of halogens is 2. The number of aromatic nitrogens is 5. The Balaban J connectivity index is 1.48. The molecule has 2 aromatic carbocycles. The first-order valence-electron chi connectivity index (χ1n) is 12.1. The molecule has 9 heteroatoms. The van der Waals surface area contributed by atoms with Crippen LogP contribution in [-0.2, 0) is 12.1 Å². The molecule has 7 nitrogen and oxygen atoms in total. The van der Waals surface area contributed by atoms with Crippen molar-refractivity contribution in [1.82, 2.24) is 24.5 Å². The van der Waals surface area contributed by atoms with Crippen molar-refractivity contribution in [3.63, 3.8) is 0 Å². The summed E-state index contributed by atoms with van der Waals surface area (Å²) in [5, 5.41) is 25.1. The minimum absolute atomic E-state index is 0.0322. The van der Waals surface area contributed by atoms with Crippen LogP contribution in [0.25, 0.3) is 10.9 Å². The fourth-order valence-electron chi connectivity index (χ4n) is 5.30. The third kappa shape index (κ3) is 4.65. The van der Waals surface area contributed by atoms with Crippen LogP contribution < -0.4 is 5.32 Å². The fraction of sp³-hybridized carbons (Fsp3) is 0.423. The van der Waals surface area contributed by atoms with Crippen LogP contribution in [0.1, 0.15) is 51.1 Å². The molecule has 2 aromatic heterocycles. The van der Waals surface area contributed by atoms with E-state index in [1.165, 1.54) is 36.2 Å². The van der Waals surface area contributed by atoms with E-state index in [1.807, 2.05) is 12.1 Å². The minimum atomic E-state index is -1.78. The molecule has 0 bridgehead atoms. The molecule has 184 valence electrons. The lowest BCUT2D eigenvalue weighted by atomic mass is 9.86. The van der Waals surface area contributed by atoms with Crippen LogP contribution in [0.3, 0.4) is 0 Å². The van der Waals surface area contributed by atoms with E-state index in [4.69, 9.17) is 0 Å². The summed E-state index contributed by atoms with van der Waals surface area (Å²) in [7, 11) is 0. The van der Waals surface area contributed by atoms with Crippen LogP contribution in [0, 0.1) is 17.6 Å². The Morgan fingerprint density at radius 3 is 2.77 bits per heavy atom. The highest BCUT2D eigenvalue weighted by atomic mass is 19.1. The first-order chi connectivity index (χ1) is 16.8. The summed E-state index contributed by atoms with van der Waals surface area (Å²) < 4.78 is 31.7. The van der Waals surface area contributed by atoms with Crippen LogP contribution in [0.5, 0.6) is 0 Å². The van der Waals surface area contributed by atoms with Gasteiger partial charge in [0, 0.05) is 28.7 Å². The zero-order valence-electron chi connectivity index (χ0n) is 19.9. The summed E-state index contributed by atoms with van der Waals surface area (Å²) in [6, 6.07) is 8.98. The minimum Gasteiger partial charge on any atom is -0.382 e. The number of anilines is 1. The lowest BCUT2D eigenvalue weighted by Crippen LogP contribution is -2.41. The molecule has 0 saturated heterocycles. The Kier molecular flexibility index (Phi) is 6.27. The SMILES string of the molecule is CC1CCCC(Nc2ccc3c(cnn3[C@H](C)[C@](O)(Cn3cncn3)c3ccc(F)cc3F)c2)C1. The van der Waals surface area contributed by atoms with Crippen molar-refractivity contribution in [2.24, 2.45) is 5.92 Å². The van der Waals surface area contributed by atoms with Gasteiger partial charge in [-0.2, -0.15) is 10.2 Å². The molecule has 2 unspecified atom stereocenters. The highest BCUT2D eigenvalue weighted by Gasteiger charge is 2.41. The van der Waals surface area contributed by atoms with Gasteiger partial charge in [0.1, 0.15) is 29.9 Å². The monoisotopic (exact) mass is 480 g/mol. The molecule has 0 aliphatic heterocycles. The summed E-state index contributed by atoms with van der Waals surface area (Å²) in [5.41, 5.74) is 0.0284. The average molecular weight is 481 g/mol. The molecule has 2 heterocycles. The predicted molar refractivity (Wildman–Crippen MR) is 130 cm³/mol. The fourth-order valence-corrected chi connectivity index (χ4v) is 5.30. The molecule has 0 radical (unpaired) electrons. The number of hydrogen-bond donors (Lipinski definition) is 2. The summed E-state index contributed by atoms with van der Waals surface area (Å²) in [4.78, 5) is 3.93. The van der Waals surface area contributed by atoms with Crippen LogP contribution in [0.2, 0.25) is 0 Å². The Morgan fingerprint density at radius 1 is 1.17 bits per heavy atom. The summed E-state index contributed by atoms with van der Waals surface area (Å²) in [6.07, 6.45) is 9.39. The highest BCUT2D eigenvalue weighted by molar-refractivity contribution is 5.82. The third-order valence-electron chi connectivity index (χ3n) is 7.23. The Morgan fingerprint density at radius 2 is 2.03 bits per heavy atom. The lowest BCUT2D eigenvalue weighted by Gasteiger charge is -2.35. The summed E-state index contributed by atoms with van der Waals surface area (Å²) in [5.74, 6) is -0.814. The smallest absolute Gasteiger partial charge is 0.137 e. The molecule has 2 N–H and O–H groups in total. The van der Waals surface area contributed by atoms with Crippen molar-refractivity contribution in [2.75, 3.05) is 5.32 Å². The van der Waals surface area contributed by atoms with Gasteiger partial charge in [0.2, 0.25) is 0 Å². The first kappa shape index (κ1) is 23.4. The van der Waals surface area contributed by atoms with E-state index in [1.54, 1.807) is 17.8 Å². The van der Waals surface area contributed by atoms with Gasteiger partial charge in [-0.15, -0.1) is 0 Å². The molecule has 5 rings (SSSR count). The predicted octanol–water partition coefficient (Wildman–Crippen LogP) is 5.05. The quantitative estimate of drug-likeness (QED) is 0.387. The van der Waals surface area contributed by atoms with E-state index in [2.05, 4.69) is 33.5 Å². The van der Waals surface area contributed by atoms with Crippen molar-refractivity contribution in [1.29, 1.82) is 0 Å². The topological polar surface area (TPSA) is 80.8 Å². The van der Waals surface area contributed by atoms with Crippen LogP contribution in [0.4, 0.5) is 14.5 Å². The summed E-state index contributed by atoms with van der Waals surface area (Å²) >= 11 is 0. The van der Waals surface area contributed by atoms with E-state index in [9.17, 15) is 13.9 Å². The van der Waals surface area contributed by atoms with Crippen molar-refractivity contribution in [3.05, 3.63) is 72.4 Å². The molecule has 4 atom stereocenters. The highest BCUT2D eigenvalue weighted by Crippen LogP contribution is 2.38. The Hall–Kier alpha value is -3.33. The van der Waals surface area contributed by atoms with E-state index in [0.29, 0.717) is 6.04 Å². The molecular weight excluding hydrogens is 450 g/mol. The first-order valence-corrected chi connectivity index (χ1v) is 12.1. The maximum absolute atomic E-state index is 14.9. The number of rotatable bonds is 7. The van der Waals surface area contributed by atoms with Gasteiger partial charge in [-0.3, -0.25) is 4.68 Å². The second-order valence-corrected chi connectivity index (χ2v) is 9.79. The molecule has 0 spiro atoms. The number of nitrogens with zero attached hydrogens (tertiary/aromatic N) is 5. The van der Waals surface area contributed by atoms with Crippen LogP contribution in [-0.4, -0.2) is 35.7 Å². The number of fused-ring (bicyclic) bond motifs is 1. The number of hydrogen-bond acceptors (Lipinski definition) is 5. The second kappa shape index (κ2) is 9.37. The van der Waals surface area contributed by atoms with E-state index < -0.39 is 23.3 Å². The zero-order valence-corrected chi connectivity index (χ0v) is 19.9. The largest absolute Gasteiger partial charge is 0.382 e. The molecule has 4 aromatic rings. The molecular formula is C26H30F2N6O. The second-order valence-electron chi connectivity index (χ2n) is 9.79. The average Bonchev–Trinajstić information content (AvgIpc) is 3.48. The Labute approximate surface area is 202 Å². The number of benzene rings is 2. The Bertz CT molecular complexity index is 1310. The van der Waals surface area contributed by atoms with Gasteiger partial charge in [0.25, 0.3) is 0 Å². The van der Waals surface area contributed by atoms with Crippen molar-refractivity contribution >= 4 is 16.6 Å². The summed E-state index contributed by atoms with van der Waals surface area (Å²) in [6.45, 7) is 3.98. The van der Waals surface area contributed by atoms with Gasteiger partial charge in [-0.05, 0) is 49.9 Å². The van der Waals surface area contributed by atoms with Crippen molar-refractivity contribution in [2.45, 2.75) is 63.8 Å². The normalized spacial score (nSPS) is 21.1. The lowest BCUT2D eigenvalue weighted by molar-refractivity contribution is -0.0354. The van der Waals surface area contributed by atoms with E-state index >= 15 is 0 Å². The molecule has 1 saturated carbocycles. The molecule has 0 amide bonds. The van der Waals surface area contributed by atoms with Crippen molar-refractivity contribution < 1.29 is 13.9 Å². The van der Waals surface area contributed by atoms with Crippen LogP contribution in [0.15, 0.2) is 55.2 Å². The zero-order chi connectivity index (χ0) is 24.6. The third-order valence-corrected chi connectivity index (χ3v) is 7.23.